The summed E-state index contributed by atoms with van der Waals surface area (Å²) in [6.07, 6.45) is 0. The Hall–Kier alpha value is 0.150. The van der Waals surface area contributed by atoms with Gasteiger partial charge in [-0.15, -0.1) is 0 Å². The van der Waals surface area contributed by atoms with Crippen molar-refractivity contribution >= 4 is 7.60 Å². The molecule has 0 saturated carbocycles. The van der Waals surface area contributed by atoms with Gasteiger partial charge < -0.3 is 9.05 Å². The molecule has 3 nitrogen and oxygen atoms in total. The summed E-state index contributed by atoms with van der Waals surface area (Å²) in [6, 6.07) is 0. The van der Waals surface area contributed by atoms with Crippen LogP contribution in [0.5, 0.6) is 0 Å². The zero-order chi connectivity index (χ0) is 7.83. The lowest BCUT2D eigenvalue weighted by molar-refractivity contribution is 0.0454. The molecule has 0 aliphatic carbocycles. The van der Waals surface area contributed by atoms with Crippen LogP contribution in [0.4, 0.5) is 0 Å². The molecule has 1 rings (SSSR count). The standard InChI is InChI=1S/C6H12O3P/c1-6(2)4-8-10(3,7)9-5-6/h3-5H2,1-2H3/q-1. The first-order chi connectivity index (χ1) is 4.41. The molecular weight excluding hydrogens is 151 g/mol. The lowest BCUT2D eigenvalue weighted by Gasteiger charge is -2.35. The molecule has 0 aromatic heterocycles. The van der Waals surface area contributed by atoms with Crippen molar-refractivity contribution in [3.63, 3.8) is 0 Å². The summed E-state index contributed by atoms with van der Waals surface area (Å²) in [5, 5.41) is 0. The third-order valence-corrected chi connectivity index (χ3v) is 2.35. The van der Waals surface area contributed by atoms with Gasteiger partial charge in [0, 0.05) is 5.41 Å². The van der Waals surface area contributed by atoms with E-state index in [9.17, 15) is 4.57 Å². The van der Waals surface area contributed by atoms with Crippen LogP contribution in [-0.2, 0) is 13.6 Å². The van der Waals surface area contributed by atoms with E-state index in [1.165, 1.54) is 0 Å². The molecule has 0 unspecified atom stereocenters. The fourth-order valence-electron chi connectivity index (χ4n) is 0.625. The summed E-state index contributed by atoms with van der Waals surface area (Å²) in [6.45, 7) is 8.22. The molecule has 1 saturated heterocycles. The number of rotatable bonds is 0. The summed E-state index contributed by atoms with van der Waals surface area (Å²) < 4.78 is 20.8. The Labute approximate surface area is 61.2 Å². The monoisotopic (exact) mass is 163 g/mol. The Balaban J connectivity index is 2.54. The maximum absolute atomic E-state index is 11.0. The summed E-state index contributed by atoms with van der Waals surface area (Å²) in [7, 11) is -2.92. The molecule has 4 heteroatoms. The fourth-order valence-corrected chi connectivity index (χ4v) is 1.79. The van der Waals surface area contributed by atoms with Crippen LogP contribution in [0.1, 0.15) is 13.8 Å². The van der Waals surface area contributed by atoms with Crippen molar-refractivity contribution in [2.75, 3.05) is 13.2 Å². The Kier molecular flexibility index (Phi) is 1.92. The smallest absolute Gasteiger partial charge is 0.184 e. The second kappa shape index (κ2) is 2.33. The van der Waals surface area contributed by atoms with E-state index in [1.807, 2.05) is 13.8 Å². The van der Waals surface area contributed by atoms with Crippen molar-refractivity contribution in [2.24, 2.45) is 5.41 Å². The van der Waals surface area contributed by atoms with Crippen LogP contribution in [0.2, 0.25) is 0 Å². The van der Waals surface area contributed by atoms with Crippen molar-refractivity contribution < 1.29 is 13.6 Å². The van der Waals surface area contributed by atoms with Gasteiger partial charge in [0.2, 0.25) is 0 Å². The molecule has 0 spiro atoms. The van der Waals surface area contributed by atoms with Crippen LogP contribution in [0.25, 0.3) is 0 Å². The highest BCUT2D eigenvalue weighted by molar-refractivity contribution is 7.55. The van der Waals surface area contributed by atoms with Crippen LogP contribution in [0.3, 0.4) is 0 Å². The van der Waals surface area contributed by atoms with Gasteiger partial charge in [0.25, 0.3) is 0 Å². The topological polar surface area (TPSA) is 35.5 Å². The molecule has 1 fully saturated rings. The third kappa shape index (κ3) is 2.08. The summed E-state index contributed by atoms with van der Waals surface area (Å²) in [5.41, 5.74) is -0.0222. The molecule has 0 atom stereocenters. The van der Waals surface area contributed by atoms with Gasteiger partial charge in [-0.25, -0.2) is 6.66 Å². The highest BCUT2D eigenvalue weighted by Crippen LogP contribution is 2.51. The van der Waals surface area contributed by atoms with E-state index in [-0.39, 0.29) is 5.41 Å². The van der Waals surface area contributed by atoms with Crippen LogP contribution in [0.15, 0.2) is 0 Å². The van der Waals surface area contributed by atoms with Crippen molar-refractivity contribution in [1.82, 2.24) is 0 Å². The first-order valence-electron chi connectivity index (χ1n) is 3.15. The van der Waals surface area contributed by atoms with Crippen molar-refractivity contribution in [1.29, 1.82) is 0 Å². The van der Waals surface area contributed by atoms with Gasteiger partial charge >= 0.3 is 0 Å². The van der Waals surface area contributed by atoms with Gasteiger partial charge in [0.05, 0.1) is 13.2 Å². The summed E-state index contributed by atoms with van der Waals surface area (Å²) in [4.78, 5) is 0. The Morgan fingerprint density at radius 3 is 2.10 bits per heavy atom. The van der Waals surface area contributed by atoms with E-state index in [0.717, 1.165) is 0 Å². The highest BCUT2D eigenvalue weighted by Gasteiger charge is 2.28. The van der Waals surface area contributed by atoms with E-state index in [1.54, 1.807) is 0 Å². The molecule has 60 valence electrons. The SMILES string of the molecule is [CH2-]P1(=O)OCC(C)(C)CO1. The van der Waals surface area contributed by atoms with Crippen LogP contribution < -0.4 is 0 Å². The zero-order valence-corrected chi connectivity index (χ0v) is 7.19. The van der Waals surface area contributed by atoms with E-state index < -0.39 is 7.60 Å². The Morgan fingerprint density at radius 1 is 1.40 bits per heavy atom. The van der Waals surface area contributed by atoms with Crippen LogP contribution in [-0.4, -0.2) is 13.2 Å². The first-order valence-corrected chi connectivity index (χ1v) is 4.88. The van der Waals surface area contributed by atoms with Gasteiger partial charge in [-0.05, 0) is 0 Å². The van der Waals surface area contributed by atoms with Crippen molar-refractivity contribution in [3.8, 4) is 0 Å². The molecule has 1 aliphatic rings. The molecule has 0 aromatic rings. The van der Waals surface area contributed by atoms with Gasteiger partial charge in [-0.1, -0.05) is 13.8 Å². The Bertz CT molecular complexity index is 162. The lowest BCUT2D eigenvalue weighted by Crippen LogP contribution is -2.28. The first kappa shape index (κ1) is 8.25. The third-order valence-electron chi connectivity index (χ3n) is 1.30. The van der Waals surface area contributed by atoms with E-state index in [0.29, 0.717) is 13.2 Å². The second-order valence-electron chi connectivity index (χ2n) is 3.32. The van der Waals surface area contributed by atoms with Crippen molar-refractivity contribution in [2.45, 2.75) is 13.8 Å². The minimum atomic E-state index is -2.92. The van der Waals surface area contributed by atoms with E-state index >= 15 is 0 Å². The molecular formula is C6H12O3P-. The van der Waals surface area contributed by atoms with Crippen LogP contribution >= 0.6 is 7.60 Å². The molecule has 0 bridgehead atoms. The summed E-state index contributed by atoms with van der Waals surface area (Å²) in [5.74, 6) is 0. The van der Waals surface area contributed by atoms with E-state index in [2.05, 4.69) is 6.66 Å². The van der Waals surface area contributed by atoms with Gasteiger partial charge in [0.15, 0.2) is 7.60 Å². The second-order valence-corrected chi connectivity index (χ2v) is 5.06. The molecule has 0 amide bonds. The zero-order valence-electron chi connectivity index (χ0n) is 6.29. The van der Waals surface area contributed by atoms with Gasteiger partial charge in [-0.3, -0.25) is 4.57 Å². The van der Waals surface area contributed by atoms with Crippen molar-refractivity contribution in [3.05, 3.63) is 6.66 Å². The predicted octanol–water partition coefficient (Wildman–Crippen LogP) is 2.04. The molecule has 10 heavy (non-hydrogen) atoms. The minimum absolute atomic E-state index is 0.0222. The highest BCUT2D eigenvalue weighted by atomic mass is 31.2. The largest absolute Gasteiger partial charge is 0.330 e. The lowest BCUT2D eigenvalue weighted by atomic mass is 9.97. The van der Waals surface area contributed by atoms with Gasteiger partial charge in [-0.2, -0.15) is 0 Å². The molecule has 1 aliphatic heterocycles. The fraction of sp³-hybridized carbons (Fsp3) is 0.833. The molecule has 0 N–H and O–H groups in total. The maximum Gasteiger partial charge on any atom is 0.184 e. The Morgan fingerprint density at radius 2 is 1.80 bits per heavy atom. The quantitative estimate of drug-likeness (QED) is 0.405. The molecule has 0 radical (unpaired) electrons. The summed E-state index contributed by atoms with van der Waals surface area (Å²) >= 11 is 0. The van der Waals surface area contributed by atoms with E-state index in [4.69, 9.17) is 9.05 Å². The average Bonchev–Trinajstić information content (AvgIpc) is 1.79. The molecule has 1 heterocycles. The average molecular weight is 163 g/mol. The normalized spacial score (nSPS) is 29.9. The molecule has 0 aromatic carbocycles. The minimum Gasteiger partial charge on any atom is -0.330 e. The maximum atomic E-state index is 11.0. The van der Waals surface area contributed by atoms with Crippen LogP contribution in [0, 0.1) is 12.1 Å². The predicted molar refractivity (Wildman–Crippen MR) is 38.6 cm³/mol. The number of hydrogen-bond donors (Lipinski definition) is 0. The number of hydrogen-bond acceptors (Lipinski definition) is 3. The van der Waals surface area contributed by atoms with Gasteiger partial charge in [0.1, 0.15) is 0 Å².